The highest BCUT2D eigenvalue weighted by atomic mass is 16.7. The molecule has 1 aliphatic heterocycles. The Balaban J connectivity index is 1.28. The Hall–Kier alpha value is -4.98. The molecule has 10 heteroatoms. The Kier molecular flexibility index (Phi) is 9.47. The monoisotopic (exact) mass is 556 g/mol. The van der Waals surface area contributed by atoms with E-state index in [0.29, 0.717) is 33.9 Å². The summed E-state index contributed by atoms with van der Waals surface area (Å²) in [6.45, 7) is 0.624. The molecule has 3 aromatic rings. The fourth-order valence-electron chi connectivity index (χ4n) is 4.01. The molecule has 0 saturated heterocycles. The van der Waals surface area contributed by atoms with Gasteiger partial charge in [0.1, 0.15) is 12.6 Å². The minimum atomic E-state index is -1.21. The number of ether oxygens (including phenoxy) is 2. The number of nitrogens with one attached hydrogen (secondary N) is 2. The Morgan fingerprint density at radius 1 is 0.902 bits per heavy atom. The van der Waals surface area contributed by atoms with Crippen LogP contribution in [0.5, 0.6) is 11.5 Å². The van der Waals surface area contributed by atoms with Gasteiger partial charge in [0.2, 0.25) is 12.7 Å². The van der Waals surface area contributed by atoms with Crippen LogP contribution in [0, 0.1) is 11.8 Å². The normalized spacial score (nSPS) is 12.9. The average molecular weight is 557 g/mol. The predicted molar refractivity (Wildman–Crippen MR) is 149 cm³/mol. The van der Waals surface area contributed by atoms with E-state index in [1.54, 1.807) is 54.6 Å². The van der Waals surface area contributed by atoms with E-state index < -0.39 is 30.4 Å². The Bertz CT molecular complexity index is 1500. The van der Waals surface area contributed by atoms with Gasteiger partial charge in [0, 0.05) is 35.2 Å². The lowest BCUT2D eigenvalue weighted by Crippen LogP contribution is -2.48. The highest BCUT2D eigenvalue weighted by Crippen LogP contribution is 2.36. The smallest absolute Gasteiger partial charge is 0.251 e. The lowest BCUT2D eigenvalue weighted by molar-refractivity contribution is -0.126. The van der Waals surface area contributed by atoms with Crippen LogP contribution in [0.4, 0.5) is 5.69 Å². The summed E-state index contributed by atoms with van der Waals surface area (Å²) in [5.41, 5.74) is 2.57. The summed E-state index contributed by atoms with van der Waals surface area (Å²) < 4.78 is 10.6. The van der Waals surface area contributed by atoms with Crippen molar-refractivity contribution in [2.75, 3.05) is 18.7 Å². The zero-order valence-corrected chi connectivity index (χ0v) is 22.2. The second kappa shape index (κ2) is 13.4. The van der Waals surface area contributed by atoms with E-state index in [-0.39, 0.29) is 36.9 Å². The topological polar surface area (TPSA) is 151 Å². The third kappa shape index (κ3) is 7.57. The maximum atomic E-state index is 12.6. The van der Waals surface area contributed by atoms with Gasteiger partial charge in [-0.25, -0.2) is 0 Å². The van der Waals surface area contributed by atoms with Gasteiger partial charge in [-0.1, -0.05) is 17.9 Å². The highest BCUT2D eigenvalue weighted by molar-refractivity contribution is 6.02. The van der Waals surface area contributed by atoms with Crippen LogP contribution in [0.1, 0.15) is 51.6 Å². The van der Waals surface area contributed by atoms with Gasteiger partial charge in [0.05, 0.1) is 11.7 Å². The van der Waals surface area contributed by atoms with Gasteiger partial charge in [-0.3, -0.25) is 19.2 Å². The number of rotatable bonds is 10. The number of hydrogen-bond acceptors (Lipinski definition) is 8. The highest BCUT2D eigenvalue weighted by Gasteiger charge is 2.25. The molecule has 4 N–H and O–H groups in total. The van der Waals surface area contributed by atoms with Crippen molar-refractivity contribution in [3.8, 4) is 23.3 Å². The molecule has 0 radical (unpaired) electrons. The van der Waals surface area contributed by atoms with Gasteiger partial charge in [-0.2, -0.15) is 0 Å². The van der Waals surface area contributed by atoms with Gasteiger partial charge >= 0.3 is 0 Å². The molecule has 1 heterocycles. The van der Waals surface area contributed by atoms with Crippen LogP contribution < -0.4 is 20.1 Å². The van der Waals surface area contributed by atoms with Crippen molar-refractivity contribution in [2.24, 2.45) is 0 Å². The number of ketones is 2. The number of amides is 2. The van der Waals surface area contributed by atoms with Crippen molar-refractivity contribution >= 4 is 29.1 Å². The van der Waals surface area contributed by atoms with Crippen molar-refractivity contribution < 1.29 is 38.9 Å². The maximum absolute atomic E-state index is 12.6. The lowest BCUT2D eigenvalue weighted by atomic mass is 10.0. The zero-order chi connectivity index (χ0) is 29.4. The van der Waals surface area contributed by atoms with Gasteiger partial charge in [0.15, 0.2) is 23.1 Å². The predicted octanol–water partition coefficient (Wildman–Crippen LogP) is 2.46. The molecular weight excluding hydrogens is 528 g/mol. The molecule has 10 nitrogen and oxygen atoms in total. The van der Waals surface area contributed by atoms with Crippen LogP contribution >= 0.6 is 0 Å². The fraction of sp³-hybridized carbons (Fsp3) is 0.226. The van der Waals surface area contributed by atoms with Crippen molar-refractivity contribution in [3.63, 3.8) is 0 Å². The number of benzene rings is 3. The SMILES string of the molecule is C[C@@H](O)[C@H](NC(=O)c1ccc(C#Cc2ccc(NC(=O)CCC(=O)c3cccc4c3OCO4)cc2)cc1)C(=O)CO. The number of aliphatic hydroxyl groups is 2. The van der Waals surface area contributed by atoms with E-state index in [4.69, 9.17) is 14.6 Å². The van der Waals surface area contributed by atoms with E-state index in [2.05, 4.69) is 22.5 Å². The number of para-hydroxylation sites is 1. The van der Waals surface area contributed by atoms with E-state index in [0.717, 1.165) is 0 Å². The molecule has 41 heavy (non-hydrogen) atoms. The number of carbonyl (C=O) groups is 4. The maximum Gasteiger partial charge on any atom is 0.251 e. The summed E-state index contributed by atoms with van der Waals surface area (Å²) in [5, 5.41) is 23.9. The number of hydrogen-bond donors (Lipinski definition) is 4. The fourth-order valence-corrected chi connectivity index (χ4v) is 4.01. The summed E-state index contributed by atoms with van der Waals surface area (Å²) in [7, 11) is 0. The molecule has 0 saturated carbocycles. The first-order chi connectivity index (χ1) is 19.7. The molecule has 0 fully saturated rings. The Labute approximate surface area is 236 Å². The third-order valence-electron chi connectivity index (χ3n) is 6.21. The minimum Gasteiger partial charge on any atom is -0.454 e. The molecular formula is C31H28N2O8. The molecule has 0 unspecified atom stereocenters. The summed E-state index contributed by atoms with van der Waals surface area (Å²) in [6.07, 6.45) is -1.12. The van der Waals surface area contributed by atoms with Crippen molar-refractivity contribution in [3.05, 3.63) is 89.0 Å². The van der Waals surface area contributed by atoms with Gasteiger partial charge in [-0.05, 0) is 67.6 Å². The largest absolute Gasteiger partial charge is 0.454 e. The summed E-state index contributed by atoms with van der Waals surface area (Å²) in [4.78, 5) is 49.1. The standard InChI is InChI=1S/C31H28N2O8/c1-19(35)29(26(37)17-34)33-31(39)22-11-7-20(8-12-22)5-6-21-9-13-23(14-10-21)32-28(38)16-15-25(36)24-3-2-4-27-30(24)41-18-40-27/h2-4,7-14,19,29,34-35H,15-18H2,1H3,(H,32,38)(H,33,39)/t19-,29+/m1/s1. The number of fused-ring (bicyclic) bond motifs is 1. The lowest BCUT2D eigenvalue weighted by Gasteiger charge is -2.19. The van der Waals surface area contributed by atoms with E-state index in [1.807, 2.05) is 0 Å². The molecule has 210 valence electrons. The first-order valence-electron chi connectivity index (χ1n) is 12.8. The van der Waals surface area contributed by atoms with Crippen LogP contribution in [0.3, 0.4) is 0 Å². The first kappa shape index (κ1) is 29.0. The molecule has 0 bridgehead atoms. The number of aliphatic hydroxyl groups excluding tert-OH is 2. The van der Waals surface area contributed by atoms with Crippen molar-refractivity contribution in [1.82, 2.24) is 5.32 Å². The van der Waals surface area contributed by atoms with E-state index in [9.17, 15) is 24.3 Å². The number of carbonyl (C=O) groups excluding carboxylic acids is 4. The molecule has 2 atom stereocenters. The molecule has 0 aromatic heterocycles. The van der Waals surface area contributed by atoms with Gasteiger partial charge in [-0.15, -0.1) is 0 Å². The van der Waals surface area contributed by atoms with Crippen LogP contribution in [0.2, 0.25) is 0 Å². The molecule has 1 aliphatic rings. The van der Waals surface area contributed by atoms with Crippen molar-refractivity contribution in [2.45, 2.75) is 31.9 Å². The molecule has 0 aliphatic carbocycles. The molecule has 2 amide bonds. The number of anilines is 1. The van der Waals surface area contributed by atoms with E-state index >= 15 is 0 Å². The van der Waals surface area contributed by atoms with Crippen LogP contribution in [0.15, 0.2) is 66.7 Å². The third-order valence-corrected chi connectivity index (χ3v) is 6.21. The molecule has 0 spiro atoms. The quantitative estimate of drug-likeness (QED) is 0.220. The van der Waals surface area contributed by atoms with Crippen molar-refractivity contribution in [1.29, 1.82) is 0 Å². The summed E-state index contributed by atoms with van der Waals surface area (Å²) in [5.74, 6) is 5.16. The van der Waals surface area contributed by atoms with Crippen LogP contribution in [-0.4, -0.2) is 59.1 Å². The molecule has 3 aromatic carbocycles. The van der Waals surface area contributed by atoms with Crippen LogP contribution in [-0.2, 0) is 9.59 Å². The minimum absolute atomic E-state index is 0.0103. The summed E-state index contributed by atoms with van der Waals surface area (Å²) >= 11 is 0. The second-order valence-corrected chi connectivity index (χ2v) is 9.23. The van der Waals surface area contributed by atoms with Crippen LogP contribution in [0.25, 0.3) is 0 Å². The van der Waals surface area contributed by atoms with E-state index in [1.165, 1.54) is 19.1 Å². The first-order valence-corrected chi connectivity index (χ1v) is 12.8. The second-order valence-electron chi connectivity index (χ2n) is 9.23. The van der Waals surface area contributed by atoms with Gasteiger partial charge in [0.25, 0.3) is 5.91 Å². The Morgan fingerprint density at radius 3 is 2.20 bits per heavy atom. The molecule has 4 rings (SSSR count). The average Bonchev–Trinajstić information content (AvgIpc) is 3.47. The Morgan fingerprint density at radius 2 is 1.56 bits per heavy atom. The number of Topliss-reactive ketones (excluding diaryl/α,β-unsaturated/α-hetero) is 2. The summed E-state index contributed by atoms with van der Waals surface area (Å²) in [6, 6.07) is 17.1. The zero-order valence-electron chi connectivity index (χ0n) is 22.2. The van der Waals surface area contributed by atoms with Gasteiger partial charge < -0.3 is 30.3 Å².